The second-order valence-electron chi connectivity index (χ2n) is 3.54. The van der Waals surface area contributed by atoms with Crippen LogP contribution in [0.4, 0.5) is 13.2 Å². The number of methoxy groups -OCH3 is 2. The van der Waals surface area contributed by atoms with E-state index in [4.69, 9.17) is 15.2 Å². The molecule has 0 aliphatic carbocycles. The molecule has 0 heterocycles. The van der Waals surface area contributed by atoms with Gasteiger partial charge in [0.15, 0.2) is 11.5 Å². The van der Waals surface area contributed by atoms with Crippen LogP contribution in [0, 0.1) is 0 Å². The Kier molecular flexibility index (Phi) is 4.22. The van der Waals surface area contributed by atoms with Crippen molar-refractivity contribution >= 4 is 0 Å². The first-order chi connectivity index (χ1) is 7.88. The number of benzene rings is 1. The van der Waals surface area contributed by atoms with Gasteiger partial charge in [0, 0.05) is 0 Å². The van der Waals surface area contributed by atoms with Crippen LogP contribution >= 0.6 is 0 Å². The lowest BCUT2D eigenvalue weighted by molar-refractivity contribution is -0.147. The minimum Gasteiger partial charge on any atom is -0.493 e. The summed E-state index contributed by atoms with van der Waals surface area (Å²) >= 11 is 0. The normalized spacial score (nSPS) is 13.3. The van der Waals surface area contributed by atoms with Crippen LogP contribution in [0.3, 0.4) is 0 Å². The van der Waals surface area contributed by atoms with Gasteiger partial charge in [0.2, 0.25) is 0 Å². The minimum absolute atomic E-state index is 0.288. The highest BCUT2D eigenvalue weighted by Gasteiger charge is 2.36. The first-order valence-electron chi connectivity index (χ1n) is 4.91. The van der Waals surface area contributed by atoms with Gasteiger partial charge < -0.3 is 15.2 Å². The number of alkyl halides is 3. The third-order valence-corrected chi connectivity index (χ3v) is 2.32. The van der Waals surface area contributed by atoms with E-state index in [0.29, 0.717) is 17.1 Å². The molecule has 0 saturated carbocycles. The topological polar surface area (TPSA) is 44.5 Å². The van der Waals surface area contributed by atoms with Gasteiger partial charge in [0.25, 0.3) is 0 Å². The fraction of sp³-hybridized carbons (Fsp3) is 0.455. The van der Waals surface area contributed by atoms with E-state index in [-0.39, 0.29) is 6.42 Å². The van der Waals surface area contributed by atoms with Gasteiger partial charge in [-0.15, -0.1) is 0 Å². The lowest BCUT2D eigenvalue weighted by Gasteiger charge is -2.16. The van der Waals surface area contributed by atoms with Gasteiger partial charge in [-0.2, -0.15) is 13.2 Å². The van der Waals surface area contributed by atoms with Gasteiger partial charge in [0.05, 0.1) is 14.2 Å². The number of ether oxygens (including phenoxy) is 2. The number of hydrogen-bond donors (Lipinski definition) is 1. The molecule has 0 spiro atoms. The Bertz CT molecular complexity index is 379. The molecule has 3 nitrogen and oxygen atoms in total. The highest BCUT2D eigenvalue weighted by atomic mass is 19.4. The Morgan fingerprint density at radius 2 is 1.76 bits per heavy atom. The van der Waals surface area contributed by atoms with Crippen LogP contribution < -0.4 is 15.2 Å². The summed E-state index contributed by atoms with van der Waals surface area (Å²) in [4.78, 5) is 0. The van der Waals surface area contributed by atoms with E-state index in [1.807, 2.05) is 0 Å². The summed E-state index contributed by atoms with van der Waals surface area (Å²) < 4.78 is 46.8. The van der Waals surface area contributed by atoms with Crippen molar-refractivity contribution in [1.82, 2.24) is 0 Å². The molecule has 17 heavy (non-hydrogen) atoms. The third-order valence-electron chi connectivity index (χ3n) is 2.32. The fourth-order valence-corrected chi connectivity index (χ4v) is 1.38. The predicted molar refractivity (Wildman–Crippen MR) is 57.3 cm³/mol. The minimum atomic E-state index is -4.40. The summed E-state index contributed by atoms with van der Waals surface area (Å²) in [6.07, 6.45) is -4.68. The molecular formula is C11H14F3NO2. The molecule has 1 atom stereocenters. The van der Waals surface area contributed by atoms with Crippen molar-refractivity contribution < 1.29 is 22.6 Å². The summed E-state index contributed by atoms with van der Waals surface area (Å²) in [6, 6.07) is 2.70. The zero-order valence-electron chi connectivity index (χ0n) is 9.54. The van der Waals surface area contributed by atoms with Gasteiger partial charge in [0.1, 0.15) is 6.04 Å². The van der Waals surface area contributed by atoms with Gasteiger partial charge in [-0.25, -0.2) is 0 Å². The van der Waals surface area contributed by atoms with Crippen LogP contribution in [0.25, 0.3) is 0 Å². The monoisotopic (exact) mass is 249 g/mol. The maximum absolute atomic E-state index is 12.3. The smallest absolute Gasteiger partial charge is 0.403 e. The number of rotatable bonds is 4. The first kappa shape index (κ1) is 13.6. The average Bonchev–Trinajstić information content (AvgIpc) is 2.27. The van der Waals surface area contributed by atoms with Gasteiger partial charge in [-0.05, 0) is 24.1 Å². The van der Waals surface area contributed by atoms with Gasteiger partial charge in [-0.3, -0.25) is 0 Å². The molecule has 0 aliphatic heterocycles. The Morgan fingerprint density at radius 3 is 2.24 bits per heavy atom. The van der Waals surface area contributed by atoms with Crippen molar-refractivity contribution in [3.8, 4) is 11.5 Å². The van der Waals surface area contributed by atoms with Crippen LogP contribution in [0.2, 0.25) is 0 Å². The first-order valence-corrected chi connectivity index (χ1v) is 4.91. The molecule has 6 heteroatoms. The molecule has 0 radical (unpaired) electrons. The van der Waals surface area contributed by atoms with Crippen LogP contribution in [-0.4, -0.2) is 26.4 Å². The van der Waals surface area contributed by atoms with E-state index < -0.39 is 12.2 Å². The SMILES string of the molecule is COc1ccc(C[C@H](N)C(F)(F)F)cc1OC. The molecule has 1 rings (SSSR count). The van der Waals surface area contributed by atoms with Crippen LogP contribution in [0.1, 0.15) is 5.56 Å². The van der Waals surface area contributed by atoms with E-state index in [9.17, 15) is 13.2 Å². The van der Waals surface area contributed by atoms with Gasteiger partial charge >= 0.3 is 6.18 Å². The number of hydrogen-bond acceptors (Lipinski definition) is 3. The summed E-state index contributed by atoms with van der Waals surface area (Å²) in [5.74, 6) is 0.858. The van der Waals surface area contributed by atoms with Gasteiger partial charge in [-0.1, -0.05) is 6.07 Å². The molecule has 0 fully saturated rings. The van der Waals surface area contributed by atoms with Crippen LogP contribution in [0.15, 0.2) is 18.2 Å². The van der Waals surface area contributed by atoms with Crippen molar-refractivity contribution in [2.24, 2.45) is 5.73 Å². The molecule has 0 aliphatic rings. The Labute approximate surface area is 97.3 Å². The Balaban J connectivity index is 2.86. The number of halogens is 3. The molecule has 96 valence electrons. The molecule has 0 aromatic heterocycles. The molecule has 2 N–H and O–H groups in total. The summed E-state index contributed by atoms with van der Waals surface area (Å²) in [6.45, 7) is 0. The lowest BCUT2D eigenvalue weighted by Crippen LogP contribution is -2.39. The van der Waals surface area contributed by atoms with Crippen LogP contribution in [-0.2, 0) is 6.42 Å². The van der Waals surface area contributed by atoms with E-state index in [1.165, 1.54) is 26.4 Å². The predicted octanol–water partition coefficient (Wildman–Crippen LogP) is 2.14. The molecule has 0 amide bonds. The van der Waals surface area contributed by atoms with Crippen molar-refractivity contribution in [2.45, 2.75) is 18.6 Å². The van der Waals surface area contributed by atoms with Crippen molar-refractivity contribution in [1.29, 1.82) is 0 Å². The fourth-order valence-electron chi connectivity index (χ4n) is 1.38. The third kappa shape index (κ3) is 3.52. The standard InChI is InChI=1S/C11H14F3NO2/c1-16-8-4-3-7(5-9(8)17-2)6-10(15)11(12,13)14/h3-5,10H,6,15H2,1-2H3/t10-/m0/s1. The zero-order chi connectivity index (χ0) is 13.1. The lowest BCUT2D eigenvalue weighted by atomic mass is 10.1. The zero-order valence-corrected chi connectivity index (χ0v) is 9.54. The molecule has 1 aromatic rings. The van der Waals surface area contributed by atoms with Crippen molar-refractivity contribution in [3.05, 3.63) is 23.8 Å². The maximum Gasteiger partial charge on any atom is 0.403 e. The highest BCUT2D eigenvalue weighted by Crippen LogP contribution is 2.29. The largest absolute Gasteiger partial charge is 0.493 e. The summed E-state index contributed by atoms with van der Waals surface area (Å²) in [5.41, 5.74) is 5.50. The van der Waals surface area contributed by atoms with Crippen molar-refractivity contribution in [3.63, 3.8) is 0 Å². The van der Waals surface area contributed by atoms with E-state index >= 15 is 0 Å². The van der Waals surface area contributed by atoms with E-state index in [1.54, 1.807) is 6.07 Å². The second-order valence-corrected chi connectivity index (χ2v) is 3.54. The summed E-state index contributed by atoms with van der Waals surface area (Å²) in [7, 11) is 2.88. The quantitative estimate of drug-likeness (QED) is 0.889. The molecule has 0 bridgehead atoms. The van der Waals surface area contributed by atoms with E-state index in [0.717, 1.165) is 0 Å². The molecule has 0 unspecified atom stereocenters. The number of nitrogens with two attached hydrogens (primary N) is 1. The average molecular weight is 249 g/mol. The van der Waals surface area contributed by atoms with Crippen molar-refractivity contribution in [2.75, 3.05) is 14.2 Å². The molecular weight excluding hydrogens is 235 g/mol. The van der Waals surface area contributed by atoms with Crippen LogP contribution in [0.5, 0.6) is 11.5 Å². The van der Waals surface area contributed by atoms with E-state index in [2.05, 4.69) is 0 Å². The molecule has 0 saturated heterocycles. The Morgan fingerprint density at radius 1 is 1.18 bits per heavy atom. The second kappa shape index (κ2) is 5.27. The Hall–Kier alpha value is -1.43. The summed E-state index contributed by atoms with van der Waals surface area (Å²) in [5, 5.41) is 0. The maximum atomic E-state index is 12.3. The highest BCUT2D eigenvalue weighted by molar-refractivity contribution is 5.43. The molecule has 1 aromatic carbocycles.